The summed E-state index contributed by atoms with van der Waals surface area (Å²) in [6.45, 7) is 3.99. The fourth-order valence-corrected chi connectivity index (χ4v) is 3.58. The van der Waals surface area contributed by atoms with E-state index in [9.17, 15) is 4.79 Å². The monoisotopic (exact) mass is 383 g/mol. The zero-order chi connectivity index (χ0) is 19.2. The van der Waals surface area contributed by atoms with Crippen molar-refractivity contribution in [3.8, 4) is 5.75 Å². The van der Waals surface area contributed by atoms with Gasteiger partial charge in [0.2, 0.25) is 11.1 Å². The first kappa shape index (κ1) is 18.9. The van der Waals surface area contributed by atoms with Crippen molar-refractivity contribution in [2.45, 2.75) is 30.3 Å². The van der Waals surface area contributed by atoms with Crippen LogP contribution in [0.2, 0.25) is 0 Å². The Morgan fingerprint density at radius 3 is 2.44 bits per heavy atom. The number of nitrogens with zero attached hydrogens (tertiary/aromatic N) is 4. The van der Waals surface area contributed by atoms with Crippen molar-refractivity contribution in [3.63, 3.8) is 0 Å². The van der Waals surface area contributed by atoms with Gasteiger partial charge in [-0.3, -0.25) is 4.79 Å². The highest BCUT2D eigenvalue weighted by Crippen LogP contribution is 2.35. The Labute approximate surface area is 162 Å². The van der Waals surface area contributed by atoms with Gasteiger partial charge in [0.05, 0.1) is 13.2 Å². The number of hydrogen-bond donors (Lipinski definition) is 1. The van der Waals surface area contributed by atoms with Crippen molar-refractivity contribution < 1.29 is 9.53 Å². The van der Waals surface area contributed by atoms with Crippen LogP contribution in [0.15, 0.2) is 59.8 Å². The molecule has 7 nitrogen and oxygen atoms in total. The summed E-state index contributed by atoms with van der Waals surface area (Å²) < 4.78 is 6.86. The lowest BCUT2D eigenvalue weighted by molar-refractivity contribution is -0.115. The first-order chi connectivity index (χ1) is 13.1. The molecule has 0 bridgehead atoms. The lowest BCUT2D eigenvalue weighted by Gasteiger charge is -2.17. The summed E-state index contributed by atoms with van der Waals surface area (Å²) in [5.41, 5.74) is 1.58. The van der Waals surface area contributed by atoms with Gasteiger partial charge in [0, 0.05) is 5.69 Å². The third-order valence-corrected chi connectivity index (χ3v) is 5.07. The summed E-state index contributed by atoms with van der Waals surface area (Å²) in [5, 5.41) is 14.9. The smallest absolute Gasteiger partial charge is 0.242 e. The van der Waals surface area contributed by atoms with Gasteiger partial charge < -0.3 is 10.1 Å². The number of amides is 1. The fraction of sp³-hybridized carbons (Fsp3) is 0.263. The first-order valence-corrected chi connectivity index (χ1v) is 9.41. The van der Waals surface area contributed by atoms with Crippen LogP contribution in [0.4, 0.5) is 5.69 Å². The van der Waals surface area contributed by atoms with Crippen molar-refractivity contribution in [2.75, 3.05) is 12.4 Å². The number of hydrogen-bond acceptors (Lipinski definition) is 6. The number of aromatic nitrogens is 4. The Hall–Kier alpha value is -2.87. The highest BCUT2D eigenvalue weighted by Gasteiger charge is 2.25. The number of benzene rings is 2. The van der Waals surface area contributed by atoms with E-state index in [1.807, 2.05) is 56.3 Å². The zero-order valence-electron chi connectivity index (χ0n) is 15.4. The average Bonchev–Trinajstić information content (AvgIpc) is 3.16. The number of ether oxygens (including phenoxy) is 1. The van der Waals surface area contributed by atoms with Gasteiger partial charge in [0.25, 0.3) is 0 Å². The van der Waals surface area contributed by atoms with Gasteiger partial charge in [-0.2, -0.15) is 0 Å². The van der Waals surface area contributed by atoms with E-state index in [2.05, 4.69) is 20.8 Å². The SMILES string of the molecule is COc1ccc(NC(=O)[C@@H](Sc2nnnn2C(C)C)c2ccccc2)cc1. The normalized spacial score (nSPS) is 12.0. The molecule has 0 radical (unpaired) electrons. The van der Waals surface area contributed by atoms with Gasteiger partial charge in [-0.05, 0) is 54.1 Å². The maximum absolute atomic E-state index is 13.0. The molecule has 0 aliphatic rings. The standard InChI is InChI=1S/C19H21N5O2S/c1-13(2)24-19(21-22-23-24)27-17(14-7-5-4-6-8-14)18(25)20-15-9-11-16(26-3)12-10-15/h4-13,17H,1-3H3,(H,20,25)/t17-/m0/s1. The Balaban J connectivity index is 1.85. The van der Waals surface area contributed by atoms with E-state index in [-0.39, 0.29) is 11.9 Å². The largest absolute Gasteiger partial charge is 0.497 e. The molecule has 0 aliphatic heterocycles. The molecule has 3 rings (SSSR count). The van der Waals surface area contributed by atoms with E-state index >= 15 is 0 Å². The molecule has 1 atom stereocenters. The lowest BCUT2D eigenvalue weighted by Crippen LogP contribution is -2.19. The van der Waals surface area contributed by atoms with E-state index in [0.717, 1.165) is 11.3 Å². The fourth-order valence-electron chi connectivity index (χ4n) is 2.48. The maximum atomic E-state index is 13.0. The molecule has 0 aliphatic carbocycles. The number of methoxy groups -OCH3 is 1. The molecule has 3 aromatic rings. The molecular weight excluding hydrogens is 362 g/mol. The molecule has 2 aromatic carbocycles. The number of anilines is 1. The number of carbonyl (C=O) groups is 1. The number of nitrogens with one attached hydrogen (secondary N) is 1. The Kier molecular flexibility index (Phi) is 6.08. The highest BCUT2D eigenvalue weighted by molar-refractivity contribution is 8.00. The molecule has 1 N–H and O–H groups in total. The summed E-state index contributed by atoms with van der Waals surface area (Å²) >= 11 is 1.33. The minimum atomic E-state index is -0.489. The van der Waals surface area contributed by atoms with Gasteiger partial charge in [-0.1, -0.05) is 42.1 Å². The predicted molar refractivity (Wildman–Crippen MR) is 105 cm³/mol. The molecule has 140 valence electrons. The second-order valence-electron chi connectivity index (χ2n) is 6.13. The quantitative estimate of drug-likeness (QED) is 0.626. The van der Waals surface area contributed by atoms with Crippen LogP contribution >= 0.6 is 11.8 Å². The van der Waals surface area contributed by atoms with E-state index < -0.39 is 5.25 Å². The Bertz CT molecular complexity index is 881. The zero-order valence-corrected chi connectivity index (χ0v) is 16.2. The third kappa shape index (κ3) is 4.65. The van der Waals surface area contributed by atoms with Crippen molar-refractivity contribution in [3.05, 3.63) is 60.2 Å². The topological polar surface area (TPSA) is 81.9 Å². The molecule has 1 amide bonds. The maximum Gasteiger partial charge on any atom is 0.242 e. The van der Waals surface area contributed by atoms with Gasteiger partial charge in [0.1, 0.15) is 11.0 Å². The van der Waals surface area contributed by atoms with Gasteiger partial charge >= 0.3 is 0 Å². The van der Waals surface area contributed by atoms with E-state index in [4.69, 9.17) is 4.74 Å². The van der Waals surface area contributed by atoms with Gasteiger partial charge in [-0.25, -0.2) is 4.68 Å². The summed E-state index contributed by atoms with van der Waals surface area (Å²) in [6, 6.07) is 16.9. The summed E-state index contributed by atoms with van der Waals surface area (Å²) in [7, 11) is 1.61. The van der Waals surface area contributed by atoms with Crippen LogP contribution in [0.1, 0.15) is 30.7 Å². The van der Waals surface area contributed by atoms with Crippen molar-refractivity contribution in [1.29, 1.82) is 0 Å². The molecule has 0 unspecified atom stereocenters. The van der Waals surface area contributed by atoms with Crippen molar-refractivity contribution in [1.82, 2.24) is 20.2 Å². The van der Waals surface area contributed by atoms with E-state index in [1.165, 1.54) is 11.8 Å². The van der Waals surface area contributed by atoms with Crippen molar-refractivity contribution in [2.24, 2.45) is 0 Å². The summed E-state index contributed by atoms with van der Waals surface area (Å²) in [6.07, 6.45) is 0. The number of thioether (sulfide) groups is 1. The van der Waals surface area contributed by atoms with Gasteiger partial charge in [0.15, 0.2) is 0 Å². The number of tetrazole rings is 1. The molecule has 1 aromatic heterocycles. The van der Waals surface area contributed by atoms with Crippen LogP contribution in [0.3, 0.4) is 0 Å². The minimum absolute atomic E-state index is 0.101. The Morgan fingerprint density at radius 1 is 1.11 bits per heavy atom. The highest BCUT2D eigenvalue weighted by atomic mass is 32.2. The second-order valence-corrected chi connectivity index (χ2v) is 7.20. The average molecular weight is 383 g/mol. The lowest BCUT2D eigenvalue weighted by atomic mass is 10.1. The van der Waals surface area contributed by atoms with Crippen LogP contribution in [-0.4, -0.2) is 33.2 Å². The Morgan fingerprint density at radius 2 is 1.81 bits per heavy atom. The molecule has 8 heteroatoms. The van der Waals surface area contributed by atoms with Crippen LogP contribution in [0.5, 0.6) is 5.75 Å². The molecule has 1 heterocycles. The molecule has 0 saturated carbocycles. The second kappa shape index (κ2) is 8.68. The molecule has 27 heavy (non-hydrogen) atoms. The van der Waals surface area contributed by atoms with Crippen LogP contribution in [0, 0.1) is 0 Å². The summed E-state index contributed by atoms with van der Waals surface area (Å²) in [5.74, 6) is 0.591. The van der Waals surface area contributed by atoms with Crippen LogP contribution in [-0.2, 0) is 4.79 Å². The third-order valence-electron chi connectivity index (χ3n) is 3.87. The number of carbonyl (C=O) groups excluding carboxylic acids is 1. The van der Waals surface area contributed by atoms with E-state index in [0.29, 0.717) is 10.8 Å². The molecule has 0 fully saturated rings. The van der Waals surface area contributed by atoms with Crippen LogP contribution < -0.4 is 10.1 Å². The van der Waals surface area contributed by atoms with Crippen LogP contribution in [0.25, 0.3) is 0 Å². The minimum Gasteiger partial charge on any atom is -0.497 e. The van der Waals surface area contributed by atoms with Gasteiger partial charge in [-0.15, -0.1) is 5.10 Å². The summed E-state index contributed by atoms with van der Waals surface area (Å²) in [4.78, 5) is 13.0. The molecule has 0 saturated heterocycles. The number of rotatable bonds is 7. The van der Waals surface area contributed by atoms with Crippen molar-refractivity contribution >= 4 is 23.4 Å². The predicted octanol–water partition coefficient (Wildman–Crippen LogP) is 3.73. The van der Waals surface area contributed by atoms with E-state index in [1.54, 1.807) is 23.9 Å². The molecule has 0 spiro atoms. The molecular formula is C19H21N5O2S. The first-order valence-electron chi connectivity index (χ1n) is 8.53.